The summed E-state index contributed by atoms with van der Waals surface area (Å²) in [4.78, 5) is 10.6. The van der Waals surface area contributed by atoms with E-state index in [-0.39, 0.29) is 11.8 Å². The van der Waals surface area contributed by atoms with Crippen LogP contribution >= 0.6 is 0 Å². The molecule has 1 unspecified atom stereocenters. The highest BCUT2D eigenvalue weighted by Gasteiger charge is 2.15. The van der Waals surface area contributed by atoms with Gasteiger partial charge in [-0.2, -0.15) is 0 Å². The smallest absolute Gasteiger partial charge is 0.275 e. The maximum atomic E-state index is 11.0. The number of hydrogen-bond acceptors (Lipinski definition) is 5. The maximum absolute atomic E-state index is 11.0. The first-order chi connectivity index (χ1) is 10.0. The van der Waals surface area contributed by atoms with Gasteiger partial charge in [-0.15, -0.1) is 0 Å². The summed E-state index contributed by atoms with van der Waals surface area (Å²) >= 11 is 0. The third-order valence-electron chi connectivity index (χ3n) is 3.29. The van der Waals surface area contributed by atoms with Crippen molar-refractivity contribution >= 4 is 11.4 Å². The Hall–Kier alpha value is -1.82. The number of ether oxygens (including phenoxy) is 2. The summed E-state index contributed by atoms with van der Waals surface area (Å²) in [6.07, 6.45) is 3.41. The highest BCUT2D eigenvalue weighted by molar-refractivity contribution is 5.56. The molecule has 116 valence electrons. The van der Waals surface area contributed by atoms with Crippen LogP contribution < -0.4 is 10.1 Å². The van der Waals surface area contributed by atoms with Gasteiger partial charge in [0, 0.05) is 31.0 Å². The van der Waals surface area contributed by atoms with Gasteiger partial charge < -0.3 is 14.8 Å². The zero-order chi connectivity index (χ0) is 15.2. The SMILES string of the molecule is CC(C)Oc1cc(NCCC2CCCO2)cc([N+](=O)[O-])c1. The van der Waals surface area contributed by atoms with Crippen molar-refractivity contribution < 1.29 is 14.4 Å². The van der Waals surface area contributed by atoms with E-state index in [0.29, 0.717) is 17.5 Å². The standard InChI is InChI=1S/C15H22N2O4/c1-11(2)21-15-9-12(8-13(10-15)17(18)19)16-6-5-14-4-3-7-20-14/h8-11,14,16H,3-7H2,1-2H3. The lowest BCUT2D eigenvalue weighted by Gasteiger charge is -2.13. The molecule has 0 bridgehead atoms. The van der Waals surface area contributed by atoms with E-state index in [1.165, 1.54) is 12.1 Å². The molecule has 21 heavy (non-hydrogen) atoms. The lowest BCUT2D eigenvalue weighted by Crippen LogP contribution is -2.13. The van der Waals surface area contributed by atoms with Crippen molar-refractivity contribution in [3.05, 3.63) is 28.3 Å². The molecule has 0 aliphatic carbocycles. The van der Waals surface area contributed by atoms with Crippen molar-refractivity contribution in [1.29, 1.82) is 0 Å². The van der Waals surface area contributed by atoms with Crippen molar-refractivity contribution in [3.63, 3.8) is 0 Å². The average Bonchev–Trinajstić information content (AvgIpc) is 2.90. The lowest BCUT2D eigenvalue weighted by molar-refractivity contribution is -0.384. The Morgan fingerprint density at radius 2 is 2.29 bits per heavy atom. The molecule has 1 heterocycles. The van der Waals surface area contributed by atoms with Crippen LogP contribution in [0, 0.1) is 10.1 Å². The normalized spacial score (nSPS) is 18.0. The van der Waals surface area contributed by atoms with Crippen molar-refractivity contribution in [2.45, 2.75) is 45.3 Å². The van der Waals surface area contributed by atoms with E-state index in [9.17, 15) is 10.1 Å². The van der Waals surface area contributed by atoms with Gasteiger partial charge in [-0.25, -0.2) is 0 Å². The monoisotopic (exact) mass is 294 g/mol. The highest BCUT2D eigenvalue weighted by Crippen LogP contribution is 2.27. The first kappa shape index (κ1) is 15.6. The molecule has 0 amide bonds. The predicted molar refractivity (Wildman–Crippen MR) is 80.9 cm³/mol. The molecule has 1 saturated heterocycles. The van der Waals surface area contributed by atoms with Crippen molar-refractivity contribution in [2.24, 2.45) is 0 Å². The van der Waals surface area contributed by atoms with Crippen LogP contribution in [0.4, 0.5) is 11.4 Å². The van der Waals surface area contributed by atoms with E-state index in [0.717, 1.165) is 32.4 Å². The molecule has 1 fully saturated rings. The number of nitro groups is 1. The van der Waals surface area contributed by atoms with Gasteiger partial charge in [0.2, 0.25) is 0 Å². The molecule has 6 heteroatoms. The third kappa shape index (κ3) is 4.90. The second-order valence-corrected chi connectivity index (χ2v) is 5.49. The second-order valence-electron chi connectivity index (χ2n) is 5.49. The summed E-state index contributed by atoms with van der Waals surface area (Å²) in [5, 5.41) is 14.2. The molecule has 2 rings (SSSR count). The summed E-state index contributed by atoms with van der Waals surface area (Å²) in [5.74, 6) is 0.513. The lowest BCUT2D eigenvalue weighted by atomic mass is 10.2. The van der Waals surface area contributed by atoms with Gasteiger partial charge in [0.25, 0.3) is 5.69 Å². The minimum atomic E-state index is -0.404. The number of hydrogen-bond donors (Lipinski definition) is 1. The summed E-state index contributed by atoms with van der Waals surface area (Å²) in [5.41, 5.74) is 0.741. The van der Waals surface area contributed by atoms with E-state index < -0.39 is 4.92 Å². The molecule has 1 aromatic rings. The Morgan fingerprint density at radius 1 is 1.48 bits per heavy atom. The van der Waals surface area contributed by atoms with Gasteiger partial charge in [0.05, 0.1) is 23.2 Å². The number of nitrogens with one attached hydrogen (secondary N) is 1. The van der Waals surface area contributed by atoms with E-state index in [4.69, 9.17) is 9.47 Å². The Balaban J connectivity index is 1.99. The minimum Gasteiger partial charge on any atom is -0.491 e. The Labute approximate surface area is 124 Å². The van der Waals surface area contributed by atoms with Crippen molar-refractivity contribution in [2.75, 3.05) is 18.5 Å². The first-order valence-electron chi connectivity index (χ1n) is 7.36. The molecule has 1 aliphatic rings. The molecule has 6 nitrogen and oxygen atoms in total. The summed E-state index contributed by atoms with van der Waals surface area (Å²) < 4.78 is 11.1. The number of nitro benzene ring substituents is 1. The van der Waals surface area contributed by atoms with Crippen LogP contribution in [0.25, 0.3) is 0 Å². The van der Waals surface area contributed by atoms with Crippen LogP contribution in [0.3, 0.4) is 0 Å². The zero-order valence-electron chi connectivity index (χ0n) is 12.5. The first-order valence-corrected chi connectivity index (χ1v) is 7.36. The summed E-state index contributed by atoms with van der Waals surface area (Å²) in [7, 11) is 0. The number of benzene rings is 1. The quantitative estimate of drug-likeness (QED) is 0.616. The molecule has 0 radical (unpaired) electrons. The van der Waals surface area contributed by atoms with E-state index >= 15 is 0 Å². The highest BCUT2D eigenvalue weighted by atomic mass is 16.6. The molecule has 1 atom stereocenters. The fraction of sp³-hybridized carbons (Fsp3) is 0.600. The summed E-state index contributed by atoms with van der Waals surface area (Å²) in [6, 6.07) is 4.77. The fourth-order valence-electron chi connectivity index (χ4n) is 2.38. The number of rotatable bonds is 7. The Kier molecular flexibility index (Phi) is 5.38. The van der Waals surface area contributed by atoms with Crippen LogP contribution in [-0.4, -0.2) is 30.3 Å². The summed E-state index contributed by atoms with van der Waals surface area (Å²) in [6.45, 7) is 5.35. The van der Waals surface area contributed by atoms with E-state index in [1.54, 1.807) is 6.07 Å². The largest absolute Gasteiger partial charge is 0.491 e. The van der Waals surface area contributed by atoms with Gasteiger partial charge in [-0.05, 0) is 33.1 Å². The van der Waals surface area contributed by atoms with Crippen LogP contribution in [0.15, 0.2) is 18.2 Å². The van der Waals surface area contributed by atoms with Crippen molar-refractivity contribution in [3.8, 4) is 5.75 Å². The Bertz CT molecular complexity index is 485. The predicted octanol–water partition coefficient (Wildman–Crippen LogP) is 3.36. The van der Waals surface area contributed by atoms with Gasteiger partial charge in [0.15, 0.2) is 0 Å². The molecule has 0 saturated carbocycles. The molecule has 0 aromatic heterocycles. The third-order valence-corrected chi connectivity index (χ3v) is 3.29. The fourth-order valence-corrected chi connectivity index (χ4v) is 2.38. The zero-order valence-corrected chi connectivity index (χ0v) is 12.5. The molecule has 0 spiro atoms. The van der Waals surface area contributed by atoms with E-state index in [1.807, 2.05) is 13.8 Å². The topological polar surface area (TPSA) is 73.6 Å². The van der Waals surface area contributed by atoms with Crippen LogP contribution in [0.1, 0.15) is 33.1 Å². The van der Waals surface area contributed by atoms with Crippen LogP contribution in [0.5, 0.6) is 5.75 Å². The van der Waals surface area contributed by atoms with Gasteiger partial charge in [-0.1, -0.05) is 0 Å². The average molecular weight is 294 g/mol. The second kappa shape index (κ2) is 7.26. The number of non-ortho nitro benzene ring substituents is 1. The van der Waals surface area contributed by atoms with Gasteiger partial charge in [0.1, 0.15) is 5.75 Å². The molecule has 1 aliphatic heterocycles. The molecular weight excluding hydrogens is 272 g/mol. The number of nitrogens with zero attached hydrogens (tertiary/aromatic N) is 1. The van der Waals surface area contributed by atoms with E-state index in [2.05, 4.69) is 5.32 Å². The van der Waals surface area contributed by atoms with Gasteiger partial charge in [-0.3, -0.25) is 10.1 Å². The molecule has 1 aromatic carbocycles. The number of anilines is 1. The van der Waals surface area contributed by atoms with Crippen LogP contribution in [-0.2, 0) is 4.74 Å². The maximum Gasteiger partial charge on any atom is 0.275 e. The van der Waals surface area contributed by atoms with Gasteiger partial charge >= 0.3 is 0 Å². The minimum absolute atomic E-state index is 0.0215. The Morgan fingerprint density at radius 3 is 2.90 bits per heavy atom. The van der Waals surface area contributed by atoms with Crippen molar-refractivity contribution in [1.82, 2.24) is 0 Å². The molecule has 1 N–H and O–H groups in total. The van der Waals surface area contributed by atoms with Crippen LogP contribution in [0.2, 0.25) is 0 Å². The molecular formula is C15H22N2O4.